The van der Waals surface area contributed by atoms with Gasteiger partial charge in [0.25, 0.3) is 0 Å². The van der Waals surface area contributed by atoms with Crippen molar-refractivity contribution in [2.45, 2.75) is 26.0 Å². The number of aliphatic hydroxyl groups excluding tert-OH is 2. The molecule has 0 aromatic carbocycles. The fourth-order valence-electron chi connectivity index (χ4n) is 1.82. The van der Waals surface area contributed by atoms with E-state index in [1.807, 2.05) is 4.57 Å². The first-order chi connectivity index (χ1) is 8.61. The van der Waals surface area contributed by atoms with Crippen LogP contribution in [0, 0.1) is 5.92 Å². The molecule has 0 spiro atoms. The Morgan fingerprint density at radius 3 is 2.89 bits per heavy atom. The highest BCUT2D eigenvalue weighted by Crippen LogP contribution is 2.14. The molecule has 2 rings (SSSR count). The largest absolute Gasteiger partial charge is 0.396 e. The van der Waals surface area contributed by atoms with Gasteiger partial charge in [-0.05, 0) is 13.3 Å². The van der Waals surface area contributed by atoms with Crippen molar-refractivity contribution in [2.24, 2.45) is 5.92 Å². The zero-order valence-corrected chi connectivity index (χ0v) is 10.2. The number of nitrogens with zero attached hydrogens (tertiary/aromatic N) is 4. The van der Waals surface area contributed by atoms with Gasteiger partial charge in [-0.2, -0.15) is 4.98 Å². The van der Waals surface area contributed by atoms with E-state index < -0.39 is 6.10 Å². The Morgan fingerprint density at radius 2 is 2.22 bits per heavy atom. The van der Waals surface area contributed by atoms with Crippen LogP contribution in [-0.2, 0) is 6.54 Å². The van der Waals surface area contributed by atoms with Gasteiger partial charge in [0.1, 0.15) is 5.52 Å². The molecule has 0 radical (unpaired) electrons. The first kappa shape index (κ1) is 12.7. The minimum absolute atomic E-state index is 0.0403. The van der Waals surface area contributed by atoms with Crippen molar-refractivity contribution in [3.8, 4) is 0 Å². The van der Waals surface area contributed by atoms with Gasteiger partial charge in [0.2, 0.25) is 5.95 Å². The number of aromatic nitrogens is 4. The summed E-state index contributed by atoms with van der Waals surface area (Å²) in [4.78, 5) is 12.2. The zero-order valence-electron chi connectivity index (χ0n) is 10.2. The lowest BCUT2D eigenvalue weighted by atomic mass is 10.0. The molecule has 98 valence electrons. The highest BCUT2D eigenvalue weighted by atomic mass is 16.3. The molecule has 0 amide bonds. The normalized spacial score (nSPS) is 14.8. The number of aryl methyl sites for hydroxylation is 1. The van der Waals surface area contributed by atoms with Crippen LogP contribution in [0.2, 0.25) is 0 Å². The van der Waals surface area contributed by atoms with E-state index in [1.54, 1.807) is 19.4 Å². The van der Waals surface area contributed by atoms with Crippen molar-refractivity contribution < 1.29 is 10.2 Å². The lowest BCUT2D eigenvalue weighted by Crippen LogP contribution is -2.22. The summed E-state index contributed by atoms with van der Waals surface area (Å²) in [6, 6.07) is 0. The van der Waals surface area contributed by atoms with Gasteiger partial charge in [-0.3, -0.25) is 0 Å². The van der Waals surface area contributed by atoms with E-state index in [-0.39, 0.29) is 18.5 Å². The Labute approximate surface area is 104 Å². The summed E-state index contributed by atoms with van der Waals surface area (Å²) in [5, 5.41) is 18.6. The summed E-state index contributed by atoms with van der Waals surface area (Å²) in [6.07, 6.45) is 3.34. The van der Waals surface area contributed by atoms with Crippen LogP contribution in [-0.4, -0.2) is 42.4 Å². The number of hydrogen-bond donors (Lipinski definition) is 3. The second-order valence-corrected chi connectivity index (χ2v) is 4.35. The fourth-order valence-corrected chi connectivity index (χ4v) is 1.82. The Bertz CT molecular complexity index is 525. The maximum atomic E-state index is 9.47. The predicted molar refractivity (Wildman–Crippen MR) is 66.6 cm³/mol. The molecule has 2 heterocycles. The lowest BCUT2D eigenvalue weighted by Gasteiger charge is -2.17. The fraction of sp³-hybridized carbons (Fsp3) is 0.545. The highest BCUT2D eigenvalue weighted by molar-refractivity contribution is 5.70. The molecule has 18 heavy (non-hydrogen) atoms. The van der Waals surface area contributed by atoms with Gasteiger partial charge in [-0.1, -0.05) is 0 Å². The standard InChI is InChI=1S/C11H17N5O2/c1-7(18)8(5-17)2-3-16-6-14-9-4-13-11(12)15-10(9)16/h4,6-8,17-18H,2-3,5H2,1H3,(H2,12,13,15). The van der Waals surface area contributed by atoms with E-state index >= 15 is 0 Å². The van der Waals surface area contributed by atoms with Crippen LogP contribution in [0.5, 0.6) is 0 Å². The van der Waals surface area contributed by atoms with E-state index in [2.05, 4.69) is 15.0 Å². The van der Waals surface area contributed by atoms with Crippen molar-refractivity contribution >= 4 is 17.1 Å². The van der Waals surface area contributed by atoms with Crippen LogP contribution in [0.25, 0.3) is 11.2 Å². The maximum Gasteiger partial charge on any atom is 0.222 e. The summed E-state index contributed by atoms with van der Waals surface area (Å²) in [5.74, 6) is 0.0557. The average molecular weight is 251 g/mol. The van der Waals surface area contributed by atoms with E-state index in [4.69, 9.17) is 10.8 Å². The lowest BCUT2D eigenvalue weighted by molar-refractivity contribution is 0.0733. The van der Waals surface area contributed by atoms with Crippen molar-refractivity contribution in [2.75, 3.05) is 12.3 Å². The van der Waals surface area contributed by atoms with E-state index in [1.165, 1.54) is 0 Å². The molecule has 2 aromatic rings. The van der Waals surface area contributed by atoms with Gasteiger partial charge in [0.15, 0.2) is 5.65 Å². The summed E-state index contributed by atoms with van der Waals surface area (Å²) >= 11 is 0. The van der Waals surface area contributed by atoms with E-state index in [0.717, 1.165) is 0 Å². The summed E-state index contributed by atoms with van der Waals surface area (Å²) in [5.41, 5.74) is 6.89. The number of aliphatic hydroxyl groups is 2. The third-order valence-corrected chi connectivity index (χ3v) is 3.03. The first-order valence-corrected chi connectivity index (χ1v) is 5.84. The molecule has 4 N–H and O–H groups in total. The first-order valence-electron chi connectivity index (χ1n) is 5.84. The number of fused-ring (bicyclic) bond motifs is 1. The predicted octanol–water partition coefficient (Wildman–Crippen LogP) is -0.212. The second kappa shape index (κ2) is 5.28. The topological polar surface area (TPSA) is 110 Å². The minimum atomic E-state index is -0.538. The molecule has 0 fully saturated rings. The Morgan fingerprint density at radius 1 is 1.44 bits per heavy atom. The number of imidazole rings is 1. The van der Waals surface area contributed by atoms with Gasteiger partial charge < -0.3 is 20.5 Å². The SMILES string of the molecule is CC(O)C(CO)CCn1cnc2cnc(N)nc21. The van der Waals surface area contributed by atoms with Crippen molar-refractivity contribution in [1.82, 2.24) is 19.5 Å². The summed E-state index contributed by atoms with van der Waals surface area (Å²) in [6.45, 7) is 2.25. The molecule has 2 unspecified atom stereocenters. The molecule has 0 aliphatic rings. The van der Waals surface area contributed by atoms with Gasteiger partial charge in [-0.25, -0.2) is 9.97 Å². The van der Waals surface area contributed by atoms with Gasteiger partial charge >= 0.3 is 0 Å². The quantitative estimate of drug-likeness (QED) is 0.678. The summed E-state index contributed by atoms with van der Waals surface area (Å²) in [7, 11) is 0. The maximum absolute atomic E-state index is 9.47. The van der Waals surface area contributed by atoms with Crippen LogP contribution in [0.4, 0.5) is 5.95 Å². The number of rotatable bonds is 5. The van der Waals surface area contributed by atoms with Gasteiger partial charge in [0, 0.05) is 19.1 Å². The average Bonchev–Trinajstić information content (AvgIpc) is 2.72. The molecule has 0 aliphatic heterocycles. The van der Waals surface area contributed by atoms with Gasteiger partial charge in [0.05, 0.1) is 18.6 Å². The van der Waals surface area contributed by atoms with Crippen molar-refractivity contribution in [3.63, 3.8) is 0 Å². The smallest absolute Gasteiger partial charge is 0.222 e. The van der Waals surface area contributed by atoms with E-state index in [9.17, 15) is 5.11 Å². The van der Waals surface area contributed by atoms with Crippen molar-refractivity contribution in [1.29, 1.82) is 0 Å². The molecule has 7 heteroatoms. The molecule has 0 saturated heterocycles. The van der Waals surface area contributed by atoms with Gasteiger partial charge in [-0.15, -0.1) is 0 Å². The monoisotopic (exact) mass is 251 g/mol. The molecule has 2 aromatic heterocycles. The number of nitrogens with two attached hydrogens (primary N) is 1. The molecule has 0 saturated carbocycles. The highest BCUT2D eigenvalue weighted by Gasteiger charge is 2.14. The van der Waals surface area contributed by atoms with Crippen molar-refractivity contribution in [3.05, 3.63) is 12.5 Å². The number of nitrogen functional groups attached to an aromatic ring is 1. The van der Waals surface area contributed by atoms with E-state index in [0.29, 0.717) is 24.1 Å². The van der Waals surface area contributed by atoms with Crippen LogP contribution in [0.3, 0.4) is 0 Å². The number of hydrogen-bond acceptors (Lipinski definition) is 6. The Kier molecular flexibility index (Phi) is 3.73. The molecular formula is C11H17N5O2. The Hall–Kier alpha value is -1.73. The number of anilines is 1. The molecular weight excluding hydrogens is 234 g/mol. The van der Waals surface area contributed by atoms with Crippen LogP contribution in [0.1, 0.15) is 13.3 Å². The Balaban J connectivity index is 2.14. The third-order valence-electron chi connectivity index (χ3n) is 3.03. The molecule has 0 aliphatic carbocycles. The molecule has 0 bridgehead atoms. The molecule has 7 nitrogen and oxygen atoms in total. The third kappa shape index (κ3) is 2.57. The minimum Gasteiger partial charge on any atom is -0.396 e. The van der Waals surface area contributed by atoms with Crippen LogP contribution in [0.15, 0.2) is 12.5 Å². The van der Waals surface area contributed by atoms with Crippen LogP contribution >= 0.6 is 0 Å². The van der Waals surface area contributed by atoms with Crippen LogP contribution < -0.4 is 5.73 Å². The second-order valence-electron chi connectivity index (χ2n) is 4.35. The summed E-state index contributed by atoms with van der Waals surface area (Å²) < 4.78 is 1.85. The zero-order chi connectivity index (χ0) is 13.1. The molecule has 2 atom stereocenters.